The number of rotatable bonds is 7. The number of anilines is 2. The Kier molecular flexibility index (Phi) is 7.12. The van der Waals surface area contributed by atoms with E-state index in [4.69, 9.17) is 4.74 Å². The standard InChI is InChI=1S/C25H31N5O3/c1-3-15-30-22-8-6-5-7-21(22)28-23(24(30)31)29-16-13-19(14-17-29)27-25(32)26-18-9-11-20(12-10-18)33-4-2/h5-12,19H,3-4,13-17H2,1-2H3,(H2,26,27,32). The van der Waals surface area contributed by atoms with E-state index in [1.54, 1.807) is 0 Å². The molecule has 2 N–H and O–H groups in total. The van der Waals surface area contributed by atoms with Crippen LogP contribution in [0.2, 0.25) is 0 Å². The molecule has 33 heavy (non-hydrogen) atoms. The second kappa shape index (κ2) is 10.4. The lowest BCUT2D eigenvalue weighted by Crippen LogP contribution is -2.47. The highest BCUT2D eigenvalue weighted by atomic mass is 16.5. The summed E-state index contributed by atoms with van der Waals surface area (Å²) < 4.78 is 7.25. The van der Waals surface area contributed by atoms with E-state index in [1.165, 1.54) is 0 Å². The fourth-order valence-corrected chi connectivity index (χ4v) is 4.22. The molecule has 3 aromatic rings. The van der Waals surface area contributed by atoms with E-state index < -0.39 is 0 Å². The Morgan fingerprint density at radius 2 is 1.82 bits per heavy atom. The number of hydrogen-bond acceptors (Lipinski definition) is 5. The van der Waals surface area contributed by atoms with Crippen molar-refractivity contribution in [3.05, 3.63) is 58.9 Å². The zero-order chi connectivity index (χ0) is 23.2. The summed E-state index contributed by atoms with van der Waals surface area (Å²) in [5, 5.41) is 5.91. The number of aromatic nitrogens is 2. The average molecular weight is 450 g/mol. The number of urea groups is 1. The third-order valence-electron chi connectivity index (χ3n) is 5.84. The molecule has 1 saturated heterocycles. The van der Waals surface area contributed by atoms with Crippen molar-refractivity contribution in [1.82, 2.24) is 14.9 Å². The number of carbonyl (C=O) groups excluding carboxylic acids is 1. The molecule has 0 atom stereocenters. The molecule has 1 aromatic heterocycles. The summed E-state index contributed by atoms with van der Waals surface area (Å²) in [6, 6.07) is 14.9. The SMILES string of the molecule is CCCn1c(=O)c(N2CCC(NC(=O)Nc3ccc(OCC)cc3)CC2)nc2ccccc21. The van der Waals surface area contributed by atoms with Gasteiger partial charge in [0.15, 0.2) is 5.82 Å². The summed E-state index contributed by atoms with van der Waals surface area (Å²) in [4.78, 5) is 32.3. The Bertz CT molecular complexity index is 1150. The van der Waals surface area contributed by atoms with Gasteiger partial charge in [-0.05, 0) is 62.6 Å². The van der Waals surface area contributed by atoms with E-state index in [9.17, 15) is 9.59 Å². The maximum Gasteiger partial charge on any atom is 0.319 e. The topological polar surface area (TPSA) is 88.5 Å². The molecule has 2 aromatic carbocycles. The summed E-state index contributed by atoms with van der Waals surface area (Å²) in [5.41, 5.74) is 2.37. The third kappa shape index (κ3) is 5.27. The number of ether oxygens (including phenoxy) is 1. The molecular weight excluding hydrogens is 418 g/mol. The Morgan fingerprint density at radius 3 is 2.52 bits per heavy atom. The van der Waals surface area contributed by atoms with Crippen LogP contribution in [-0.2, 0) is 6.54 Å². The molecule has 0 spiro atoms. The number of benzene rings is 2. The smallest absolute Gasteiger partial charge is 0.319 e. The molecule has 174 valence electrons. The number of aryl methyl sites for hydroxylation is 1. The molecule has 1 fully saturated rings. The van der Waals surface area contributed by atoms with Crippen molar-refractivity contribution < 1.29 is 9.53 Å². The van der Waals surface area contributed by atoms with E-state index in [2.05, 4.69) is 22.5 Å². The number of nitrogens with one attached hydrogen (secondary N) is 2. The molecule has 0 saturated carbocycles. The van der Waals surface area contributed by atoms with Crippen LogP contribution in [0.4, 0.5) is 16.3 Å². The summed E-state index contributed by atoms with van der Waals surface area (Å²) >= 11 is 0. The van der Waals surface area contributed by atoms with Crippen molar-refractivity contribution in [3.63, 3.8) is 0 Å². The number of para-hydroxylation sites is 2. The molecule has 4 rings (SSSR count). The van der Waals surface area contributed by atoms with Gasteiger partial charge >= 0.3 is 6.03 Å². The normalized spacial score (nSPS) is 14.3. The molecule has 2 amide bonds. The zero-order valence-corrected chi connectivity index (χ0v) is 19.2. The molecule has 8 nitrogen and oxygen atoms in total. The average Bonchev–Trinajstić information content (AvgIpc) is 2.83. The molecule has 1 aliphatic rings. The predicted molar refractivity (Wildman–Crippen MR) is 131 cm³/mol. The van der Waals surface area contributed by atoms with Gasteiger partial charge in [-0.3, -0.25) is 4.79 Å². The molecule has 2 heterocycles. The highest BCUT2D eigenvalue weighted by Crippen LogP contribution is 2.20. The van der Waals surface area contributed by atoms with Crippen LogP contribution < -0.4 is 25.8 Å². The highest BCUT2D eigenvalue weighted by Gasteiger charge is 2.24. The summed E-state index contributed by atoms with van der Waals surface area (Å²) in [6.07, 6.45) is 2.37. The highest BCUT2D eigenvalue weighted by molar-refractivity contribution is 5.89. The Labute approximate surface area is 193 Å². The van der Waals surface area contributed by atoms with Gasteiger partial charge in [0.1, 0.15) is 5.75 Å². The Morgan fingerprint density at radius 1 is 1.09 bits per heavy atom. The third-order valence-corrected chi connectivity index (χ3v) is 5.84. The predicted octanol–water partition coefficient (Wildman–Crippen LogP) is 4.00. The summed E-state index contributed by atoms with van der Waals surface area (Å²) in [7, 11) is 0. The van der Waals surface area contributed by atoms with Crippen molar-refractivity contribution in [2.75, 3.05) is 29.9 Å². The van der Waals surface area contributed by atoms with Crippen molar-refractivity contribution in [1.29, 1.82) is 0 Å². The van der Waals surface area contributed by atoms with Gasteiger partial charge in [-0.15, -0.1) is 0 Å². The van der Waals surface area contributed by atoms with Gasteiger partial charge < -0.3 is 24.8 Å². The van der Waals surface area contributed by atoms with Gasteiger partial charge in [0.05, 0.1) is 17.6 Å². The number of piperidine rings is 1. The van der Waals surface area contributed by atoms with E-state index in [-0.39, 0.29) is 17.6 Å². The van der Waals surface area contributed by atoms with Crippen molar-refractivity contribution in [2.45, 2.75) is 45.7 Å². The van der Waals surface area contributed by atoms with Crippen LogP contribution in [0.25, 0.3) is 11.0 Å². The molecular formula is C25H31N5O3. The summed E-state index contributed by atoms with van der Waals surface area (Å²) in [6.45, 7) is 6.60. The van der Waals surface area contributed by atoms with Crippen LogP contribution in [0.3, 0.4) is 0 Å². The van der Waals surface area contributed by atoms with Crippen LogP contribution in [0.15, 0.2) is 53.3 Å². The first-order chi connectivity index (χ1) is 16.1. The molecule has 0 bridgehead atoms. The first-order valence-corrected chi connectivity index (χ1v) is 11.6. The largest absolute Gasteiger partial charge is 0.494 e. The van der Waals surface area contributed by atoms with Crippen molar-refractivity contribution in [3.8, 4) is 5.75 Å². The number of hydrogen-bond donors (Lipinski definition) is 2. The van der Waals surface area contributed by atoms with Crippen LogP contribution in [-0.4, -0.2) is 41.3 Å². The lowest BCUT2D eigenvalue weighted by atomic mass is 10.1. The minimum Gasteiger partial charge on any atom is -0.494 e. The summed E-state index contributed by atoms with van der Waals surface area (Å²) in [5.74, 6) is 1.27. The Balaban J connectivity index is 1.38. The molecule has 0 radical (unpaired) electrons. The molecule has 0 unspecified atom stereocenters. The lowest BCUT2D eigenvalue weighted by molar-refractivity contribution is 0.246. The molecule has 0 aliphatic carbocycles. The first-order valence-electron chi connectivity index (χ1n) is 11.6. The molecule has 8 heteroatoms. The monoisotopic (exact) mass is 449 g/mol. The van der Waals surface area contributed by atoms with E-state index in [1.807, 2.05) is 64.9 Å². The second-order valence-electron chi connectivity index (χ2n) is 8.20. The van der Waals surface area contributed by atoms with Crippen LogP contribution in [0.1, 0.15) is 33.1 Å². The fraction of sp³-hybridized carbons (Fsp3) is 0.400. The number of carbonyl (C=O) groups is 1. The maximum absolute atomic E-state index is 13.2. The van der Waals surface area contributed by atoms with Crippen molar-refractivity contribution >= 4 is 28.6 Å². The van der Waals surface area contributed by atoms with E-state index >= 15 is 0 Å². The van der Waals surface area contributed by atoms with Gasteiger partial charge in [-0.25, -0.2) is 9.78 Å². The van der Waals surface area contributed by atoms with Gasteiger partial charge in [0, 0.05) is 31.4 Å². The fourth-order valence-electron chi connectivity index (χ4n) is 4.22. The van der Waals surface area contributed by atoms with Gasteiger partial charge in [0.25, 0.3) is 5.56 Å². The second-order valence-corrected chi connectivity index (χ2v) is 8.20. The van der Waals surface area contributed by atoms with E-state index in [0.29, 0.717) is 37.7 Å². The maximum atomic E-state index is 13.2. The number of nitrogens with zero attached hydrogens (tertiary/aromatic N) is 3. The zero-order valence-electron chi connectivity index (χ0n) is 19.2. The van der Waals surface area contributed by atoms with Gasteiger partial charge in [-0.2, -0.15) is 0 Å². The van der Waals surface area contributed by atoms with Crippen LogP contribution in [0, 0.1) is 0 Å². The number of amides is 2. The quantitative estimate of drug-likeness (QED) is 0.569. The van der Waals surface area contributed by atoms with Crippen molar-refractivity contribution in [2.24, 2.45) is 0 Å². The Hall–Kier alpha value is -3.55. The van der Waals surface area contributed by atoms with Gasteiger partial charge in [0.2, 0.25) is 0 Å². The number of fused-ring (bicyclic) bond motifs is 1. The lowest BCUT2D eigenvalue weighted by Gasteiger charge is -2.33. The minimum atomic E-state index is -0.230. The van der Waals surface area contributed by atoms with Crippen LogP contribution in [0.5, 0.6) is 5.75 Å². The minimum absolute atomic E-state index is 0.0438. The molecule has 1 aliphatic heterocycles. The van der Waals surface area contributed by atoms with Crippen LogP contribution >= 0.6 is 0 Å². The first kappa shape index (κ1) is 22.6. The van der Waals surface area contributed by atoms with Gasteiger partial charge in [-0.1, -0.05) is 19.1 Å². The van der Waals surface area contributed by atoms with E-state index in [0.717, 1.165) is 36.0 Å².